The summed E-state index contributed by atoms with van der Waals surface area (Å²) in [5.41, 5.74) is 1.05. The lowest BCUT2D eigenvalue weighted by atomic mass is 9.93. The molecule has 20 heavy (non-hydrogen) atoms. The van der Waals surface area contributed by atoms with Gasteiger partial charge < -0.3 is 25.4 Å². The van der Waals surface area contributed by atoms with Crippen LogP contribution in [0, 0.1) is 0 Å². The Balaban J connectivity index is 2.03. The molecule has 1 aromatic rings. The minimum Gasteiger partial charge on any atom is -0.497 e. The zero-order valence-corrected chi connectivity index (χ0v) is 11.6. The fourth-order valence-electron chi connectivity index (χ4n) is 2.31. The van der Waals surface area contributed by atoms with Crippen LogP contribution in [0.5, 0.6) is 5.75 Å². The molecule has 1 aliphatic rings. The maximum absolute atomic E-state index is 9.94. The third kappa shape index (κ3) is 3.19. The molecule has 0 bridgehead atoms. The van der Waals surface area contributed by atoms with Gasteiger partial charge >= 0.3 is 0 Å². The number of aliphatic hydroxyl groups excluding tert-OH is 3. The first kappa shape index (κ1) is 15.0. The van der Waals surface area contributed by atoms with Crippen molar-refractivity contribution < 1.29 is 20.1 Å². The van der Waals surface area contributed by atoms with Crippen LogP contribution in [0.25, 0.3) is 0 Å². The van der Waals surface area contributed by atoms with Crippen molar-refractivity contribution >= 4 is 0 Å². The van der Waals surface area contributed by atoms with Crippen molar-refractivity contribution in [1.82, 2.24) is 5.32 Å². The summed E-state index contributed by atoms with van der Waals surface area (Å²) in [6.07, 6.45) is -0.0340. The highest BCUT2D eigenvalue weighted by atomic mass is 16.5. The molecule has 0 saturated carbocycles. The average molecular weight is 279 g/mol. The summed E-state index contributed by atoms with van der Waals surface area (Å²) in [4.78, 5) is 0. The van der Waals surface area contributed by atoms with E-state index in [-0.39, 0.29) is 6.04 Å². The Morgan fingerprint density at radius 1 is 1.05 bits per heavy atom. The summed E-state index contributed by atoms with van der Waals surface area (Å²) < 4.78 is 5.11. The van der Waals surface area contributed by atoms with E-state index in [1.54, 1.807) is 13.2 Å². The number of methoxy groups -OCH3 is 1. The molecular formula is C15H21NO4. The highest BCUT2D eigenvalue weighted by molar-refractivity contribution is 5.29. The highest BCUT2D eigenvalue weighted by Gasteiger charge is 2.33. The first-order chi connectivity index (χ1) is 9.52. The lowest BCUT2D eigenvalue weighted by Gasteiger charge is -2.33. The van der Waals surface area contributed by atoms with Crippen molar-refractivity contribution in [2.75, 3.05) is 7.11 Å². The summed E-state index contributed by atoms with van der Waals surface area (Å²) in [7, 11) is 1.62. The largest absolute Gasteiger partial charge is 0.497 e. The molecule has 0 fully saturated rings. The minimum atomic E-state index is -1.17. The lowest BCUT2D eigenvalue weighted by Crippen LogP contribution is -2.52. The predicted molar refractivity (Wildman–Crippen MR) is 75.5 cm³/mol. The Hall–Kier alpha value is -1.40. The molecule has 4 N–H and O–H groups in total. The van der Waals surface area contributed by atoms with E-state index in [4.69, 9.17) is 4.74 Å². The smallest absolute Gasteiger partial charge is 0.118 e. The third-order valence-corrected chi connectivity index (χ3v) is 3.64. The van der Waals surface area contributed by atoms with E-state index >= 15 is 0 Å². The number of benzene rings is 1. The number of hydrogen-bond donors (Lipinski definition) is 4. The molecule has 0 radical (unpaired) electrons. The van der Waals surface area contributed by atoms with Crippen molar-refractivity contribution in [2.24, 2.45) is 0 Å². The zero-order chi connectivity index (χ0) is 14.7. The molecule has 0 aliphatic heterocycles. The van der Waals surface area contributed by atoms with Crippen LogP contribution in [0.15, 0.2) is 36.4 Å². The average Bonchev–Trinajstić information content (AvgIpc) is 2.48. The predicted octanol–water partition coefficient (Wildman–Crippen LogP) is 0.367. The van der Waals surface area contributed by atoms with Gasteiger partial charge in [-0.25, -0.2) is 0 Å². The van der Waals surface area contributed by atoms with Gasteiger partial charge in [0.1, 0.15) is 24.1 Å². The van der Waals surface area contributed by atoms with Crippen molar-refractivity contribution in [3.05, 3.63) is 42.0 Å². The molecule has 5 nitrogen and oxygen atoms in total. The summed E-state index contributed by atoms with van der Waals surface area (Å²) >= 11 is 0. The van der Waals surface area contributed by atoms with E-state index in [9.17, 15) is 15.3 Å². The molecule has 5 atom stereocenters. The summed E-state index contributed by atoms with van der Waals surface area (Å²) in [5, 5.41) is 32.3. The van der Waals surface area contributed by atoms with E-state index in [0.29, 0.717) is 0 Å². The van der Waals surface area contributed by atoms with E-state index < -0.39 is 24.4 Å². The molecule has 0 aromatic heterocycles. The van der Waals surface area contributed by atoms with Gasteiger partial charge in [-0.3, -0.25) is 0 Å². The van der Waals surface area contributed by atoms with Gasteiger partial charge in [-0.15, -0.1) is 0 Å². The van der Waals surface area contributed by atoms with Crippen LogP contribution in [-0.2, 0) is 0 Å². The minimum absolute atomic E-state index is 0.00681. The van der Waals surface area contributed by atoms with Crippen molar-refractivity contribution in [3.8, 4) is 5.75 Å². The monoisotopic (exact) mass is 279 g/mol. The zero-order valence-electron chi connectivity index (χ0n) is 11.6. The van der Waals surface area contributed by atoms with Gasteiger partial charge in [0.25, 0.3) is 0 Å². The van der Waals surface area contributed by atoms with Crippen molar-refractivity contribution in [3.63, 3.8) is 0 Å². The Bertz CT molecular complexity index is 459. The second-order valence-corrected chi connectivity index (χ2v) is 5.04. The summed E-state index contributed by atoms with van der Waals surface area (Å²) in [6.45, 7) is 1.97. The molecule has 0 saturated heterocycles. The Labute approximate surface area is 118 Å². The number of rotatable bonds is 4. The Kier molecular flexibility index (Phi) is 4.77. The molecule has 2 rings (SSSR count). The van der Waals surface area contributed by atoms with Crippen LogP contribution in [0.2, 0.25) is 0 Å². The quantitative estimate of drug-likeness (QED) is 0.599. The van der Waals surface area contributed by atoms with Gasteiger partial charge in [-0.2, -0.15) is 0 Å². The van der Waals surface area contributed by atoms with Gasteiger partial charge in [-0.1, -0.05) is 24.3 Å². The Morgan fingerprint density at radius 2 is 1.70 bits per heavy atom. The van der Waals surface area contributed by atoms with Gasteiger partial charge in [0.2, 0.25) is 0 Å². The van der Waals surface area contributed by atoms with Crippen LogP contribution in [0.1, 0.15) is 18.5 Å². The van der Waals surface area contributed by atoms with Crippen LogP contribution in [0.3, 0.4) is 0 Å². The van der Waals surface area contributed by atoms with Crippen molar-refractivity contribution in [2.45, 2.75) is 37.3 Å². The maximum Gasteiger partial charge on any atom is 0.118 e. The molecule has 0 spiro atoms. The number of aliphatic hydroxyl groups is 3. The summed E-state index contributed by atoms with van der Waals surface area (Å²) in [5.74, 6) is 0.789. The summed E-state index contributed by atoms with van der Waals surface area (Å²) in [6, 6.07) is 7.23. The topological polar surface area (TPSA) is 82.0 Å². The molecule has 0 amide bonds. The standard InChI is InChI=1S/C15H21NO4/c1-9(10-3-5-11(20-2)6-4-10)16-12-7-8-13(17)15(19)14(12)18/h3-9,12-19H,1-2H3/t9-,12-,13+,14+,15-/m1/s1. The van der Waals surface area contributed by atoms with E-state index in [0.717, 1.165) is 11.3 Å². The third-order valence-electron chi connectivity index (χ3n) is 3.64. The second kappa shape index (κ2) is 6.37. The fourth-order valence-corrected chi connectivity index (χ4v) is 2.31. The molecule has 1 aliphatic carbocycles. The van der Waals surface area contributed by atoms with Gasteiger partial charge in [0.05, 0.1) is 13.2 Å². The maximum atomic E-state index is 9.94. The van der Waals surface area contributed by atoms with Crippen LogP contribution in [-0.4, -0.2) is 46.8 Å². The van der Waals surface area contributed by atoms with Gasteiger partial charge in [-0.05, 0) is 24.6 Å². The van der Waals surface area contributed by atoms with Crippen molar-refractivity contribution in [1.29, 1.82) is 0 Å². The van der Waals surface area contributed by atoms with Crippen LogP contribution >= 0.6 is 0 Å². The molecule has 110 valence electrons. The number of ether oxygens (including phenoxy) is 1. The molecule has 0 heterocycles. The van der Waals surface area contributed by atoms with Crippen LogP contribution < -0.4 is 10.1 Å². The van der Waals surface area contributed by atoms with Gasteiger partial charge in [0.15, 0.2) is 0 Å². The highest BCUT2D eigenvalue weighted by Crippen LogP contribution is 2.20. The first-order valence-electron chi connectivity index (χ1n) is 6.65. The fraction of sp³-hybridized carbons (Fsp3) is 0.467. The first-order valence-corrected chi connectivity index (χ1v) is 6.65. The second-order valence-electron chi connectivity index (χ2n) is 5.04. The number of nitrogens with one attached hydrogen (secondary N) is 1. The van der Waals surface area contributed by atoms with E-state index in [1.165, 1.54) is 6.08 Å². The van der Waals surface area contributed by atoms with Gasteiger partial charge in [0, 0.05) is 6.04 Å². The number of hydrogen-bond acceptors (Lipinski definition) is 5. The Morgan fingerprint density at radius 3 is 2.30 bits per heavy atom. The van der Waals surface area contributed by atoms with Crippen LogP contribution in [0.4, 0.5) is 0 Å². The normalized spacial score (nSPS) is 31.1. The van der Waals surface area contributed by atoms with E-state index in [2.05, 4.69) is 5.32 Å². The van der Waals surface area contributed by atoms with E-state index in [1.807, 2.05) is 31.2 Å². The molecule has 5 heteroatoms. The molecule has 1 aromatic carbocycles. The lowest BCUT2D eigenvalue weighted by molar-refractivity contribution is -0.0576. The SMILES string of the molecule is COc1ccc([C@@H](C)N[C@@H]2C=C[C@H](O)[C@@H](O)[C@H]2O)cc1. The molecular weight excluding hydrogens is 258 g/mol. The molecule has 0 unspecified atom stereocenters.